The summed E-state index contributed by atoms with van der Waals surface area (Å²) in [5, 5.41) is 2.97. The van der Waals surface area contributed by atoms with Gasteiger partial charge in [-0.1, -0.05) is 30.3 Å². The molecule has 188 valence electrons. The van der Waals surface area contributed by atoms with Gasteiger partial charge in [0.15, 0.2) is 0 Å². The normalized spacial score (nSPS) is 16.3. The number of carbonyl (C=O) groups is 3. The fourth-order valence-corrected chi connectivity index (χ4v) is 4.69. The molecule has 0 aliphatic carbocycles. The predicted molar refractivity (Wildman–Crippen MR) is 139 cm³/mol. The Morgan fingerprint density at radius 2 is 1.86 bits per heavy atom. The van der Waals surface area contributed by atoms with E-state index < -0.39 is 0 Å². The van der Waals surface area contributed by atoms with Crippen LogP contribution in [0.4, 0.5) is 10.5 Å². The highest BCUT2D eigenvalue weighted by molar-refractivity contribution is 7.98. The molecule has 3 amide bonds. The van der Waals surface area contributed by atoms with E-state index in [1.807, 2.05) is 67.8 Å². The van der Waals surface area contributed by atoms with Crippen molar-refractivity contribution < 1.29 is 19.1 Å². The monoisotopic (exact) mass is 497 g/mol. The second-order valence-corrected chi connectivity index (χ2v) is 9.50. The number of benzene rings is 2. The fourth-order valence-electron chi connectivity index (χ4n) is 4.28. The van der Waals surface area contributed by atoms with Crippen molar-refractivity contribution in [1.29, 1.82) is 0 Å². The van der Waals surface area contributed by atoms with Crippen molar-refractivity contribution in [2.75, 3.05) is 37.8 Å². The molecule has 2 aromatic carbocycles. The van der Waals surface area contributed by atoms with Gasteiger partial charge in [0.2, 0.25) is 5.91 Å². The third-order valence-electron chi connectivity index (χ3n) is 6.31. The third-order valence-corrected chi connectivity index (χ3v) is 7.06. The van der Waals surface area contributed by atoms with Gasteiger partial charge in [-0.05, 0) is 62.8 Å². The summed E-state index contributed by atoms with van der Waals surface area (Å²) in [6.07, 6.45) is 3.69. The van der Waals surface area contributed by atoms with Crippen LogP contribution in [0.1, 0.15) is 44.7 Å². The van der Waals surface area contributed by atoms with Crippen molar-refractivity contribution in [3.05, 3.63) is 60.2 Å². The van der Waals surface area contributed by atoms with E-state index in [0.717, 1.165) is 23.3 Å². The highest BCUT2D eigenvalue weighted by Crippen LogP contribution is 2.24. The maximum Gasteiger partial charge on any atom is 0.322 e. The third kappa shape index (κ3) is 7.49. The van der Waals surface area contributed by atoms with Crippen LogP contribution < -0.4 is 5.32 Å². The SMILES string of the molecule is CCOC(=O)C1CCCN(C(=O)CCN(C(=O)Nc2ccc(SC)cc2)C(C)c2ccccc2)C1. The molecule has 2 unspecified atom stereocenters. The number of esters is 1. The van der Waals surface area contributed by atoms with Gasteiger partial charge in [-0.15, -0.1) is 11.8 Å². The number of hydrogen-bond donors (Lipinski definition) is 1. The zero-order valence-electron chi connectivity index (χ0n) is 20.7. The van der Waals surface area contributed by atoms with Crippen LogP contribution in [0.5, 0.6) is 0 Å². The summed E-state index contributed by atoms with van der Waals surface area (Å²) in [7, 11) is 0. The number of amides is 3. The van der Waals surface area contributed by atoms with Gasteiger partial charge in [-0.25, -0.2) is 4.79 Å². The van der Waals surface area contributed by atoms with Gasteiger partial charge in [0, 0.05) is 36.6 Å². The minimum atomic E-state index is -0.278. The van der Waals surface area contributed by atoms with Crippen molar-refractivity contribution in [3.8, 4) is 0 Å². The zero-order chi connectivity index (χ0) is 25.2. The minimum Gasteiger partial charge on any atom is -0.466 e. The van der Waals surface area contributed by atoms with Gasteiger partial charge >= 0.3 is 12.0 Å². The number of anilines is 1. The maximum absolute atomic E-state index is 13.3. The molecule has 1 saturated heterocycles. The van der Waals surface area contributed by atoms with Crippen LogP contribution in [0.2, 0.25) is 0 Å². The van der Waals surface area contributed by atoms with Crippen LogP contribution in [0.15, 0.2) is 59.5 Å². The van der Waals surface area contributed by atoms with E-state index in [9.17, 15) is 14.4 Å². The molecule has 1 N–H and O–H groups in total. The van der Waals surface area contributed by atoms with Gasteiger partial charge < -0.3 is 19.9 Å². The fraction of sp³-hybridized carbons (Fsp3) is 0.444. The second kappa shape index (κ2) is 13.2. The van der Waals surface area contributed by atoms with Crippen LogP contribution in [0, 0.1) is 5.92 Å². The van der Waals surface area contributed by atoms with Gasteiger partial charge in [0.1, 0.15) is 0 Å². The molecule has 2 aromatic rings. The van der Waals surface area contributed by atoms with E-state index in [2.05, 4.69) is 5.32 Å². The number of piperidine rings is 1. The first-order chi connectivity index (χ1) is 16.9. The Morgan fingerprint density at radius 3 is 2.51 bits per heavy atom. The number of thioether (sulfide) groups is 1. The Balaban J connectivity index is 1.68. The number of rotatable bonds is 9. The van der Waals surface area contributed by atoms with Crippen molar-refractivity contribution in [2.24, 2.45) is 5.92 Å². The molecule has 2 atom stereocenters. The van der Waals surface area contributed by atoms with E-state index in [-0.39, 0.29) is 42.8 Å². The average molecular weight is 498 g/mol. The van der Waals surface area contributed by atoms with Crippen molar-refractivity contribution >= 4 is 35.4 Å². The molecule has 1 aliphatic heterocycles. The summed E-state index contributed by atoms with van der Waals surface area (Å²) < 4.78 is 5.15. The standard InChI is InChI=1S/C27H35N3O4S/c1-4-34-26(32)22-11-8-17-29(19-22)25(31)16-18-30(20(2)21-9-6-5-7-10-21)27(33)28-23-12-14-24(35-3)15-13-23/h5-7,9-10,12-15,20,22H,4,8,11,16-19H2,1-3H3,(H,28,33). The molecular weight excluding hydrogens is 462 g/mol. The van der Waals surface area contributed by atoms with E-state index in [1.165, 1.54) is 0 Å². The second-order valence-electron chi connectivity index (χ2n) is 8.62. The maximum atomic E-state index is 13.3. The topological polar surface area (TPSA) is 79.0 Å². The van der Waals surface area contributed by atoms with Crippen molar-refractivity contribution in [1.82, 2.24) is 9.80 Å². The first kappa shape index (κ1) is 26.6. The van der Waals surface area contributed by atoms with Crippen LogP contribution >= 0.6 is 11.8 Å². The smallest absolute Gasteiger partial charge is 0.322 e. The van der Waals surface area contributed by atoms with Gasteiger partial charge in [0.25, 0.3) is 0 Å². The Labute approximate surface area is 212 Å². The molecule has 1 heterocycles. The number of carbonyl (C=O) groups excluding carboxylic acids is 3. The molecule has 0 spiro atoms. The largest absolute Gasteiger partial charge is 0.466 e. The summed E-state index contributed by atoms with van der Waals surface area (Å²) in [6, 6.07) is 17.0. The number of nitrogens with zero attached hydrogens (tertiary/aromatic N) is 2. The molecular formula is C27H35N3O4S. The zero-order valence-corrected chi connectivity index (χ0v) is 21.6. The molecule has 1 aliphatic rings. The first-order valence-corrected chi connectivity index (χ1v) is 13.4. The number of likely N-dealkylation sites (tertiary alicyclic amines) is 1. The Bertz CT molecular complexity index is 984. The lowest BCUT2D eigenvalue weighted by Gasteiger charge is -2.33. The summed E-state index contributed by atoms with van der Waals surface area (Å²) in [6.45, 7) is 5.36. The molecule has 8 heteroatoms. The van der Waals surface area contributed by atoms with Crippen LogP contribution in [-0.4, -0.2) is 60.2 Å². The van der Waals surface area contributed by atoms with Crippen LogP contribution in [0.3, 0.4) is 0 Å². The van der Waals surface area contributed by atoms with Gasteiger partial charge in [-0.2, -0.15) is 0 Å². The molecule has 1 fully saturated rings. The molecule has 0 radical (unpaired) electrons. The lowest BCUT2D eigenvalue weighted by atomic mass is 9.98. The van der Waals surface area contributed by atoms with Crippen molar-refractivity contribution in [3.63, 3.8) is 0 Å². The number of urea groups is 1. The van der Waals surface area contributed by atoms with Gasteiger partial charge in [0.05, 0.1) is 18.6 Å². The lowest BCUT2D eigenvalue weighted by Crippen LogP contribution is -2.45. The van der Waals surface area contributed by atoms with Crippen LogP contribution in [0.25, 0.3) is 0 Å². The quantitative estimate of drug-likeness (QED) is 0.381. The number of ether oxygens (including phenoxy) is 1. The van der Waals surface area contributed by atoms with E-state index in [0.29, 0.717) is 25.4 Å². The number of nitrogens with one attached hydrogen (secondary N) is 1. The predicted octanol–water partition coefficient (Wildman–Crippen LogP) is 5.20. The molecule has 0 bridgehead atoms. The first-order valence-electron chi connectivity index (χ1n) is 12.1. The molecule has 0 aromatic heterocycles. The molecule has 3 rings (SSSR count). The average Bonchev–Trinajstić information content (AvgIpc) is 2.89. The minimum absolute atomic E-state index is 0.0543. The Morgan fingerprint density at radius 1 is 1.14 bits per heavy atom. The molecule has 35 heavy (non-hydrogen) atoms. The van der Waals surface area contributed by atoms with Gasteiger partial charge in [-0.3, -0.25) is 9.59 Å². The summed E-state index contributed by atoms with van der Waals surface area (Å²) in [5.41, 5.74) is 1.70. The summed E-state index contributed by atoms with van der Waals surface area (Å²) in [4.78, 5) is 43.1. The lowest BCUT2D eigenvalue weighted by molar-refractivity contribution is -0.151. The summed E-state index contributed by atoms with van der Waals surface area (Å²) in [5.74, 6) is -0.572. The van der Waals surface area contributed by atoms with E-state index in [4.69, 9.17) is 4.74 Å². The van der Waals surface area contributed by atoms with E-state index in [1.54, 1.807) is 28.5 Å². The van der Waals surface area contributed by atoms with E-state index >= 15 is 0 Å². The Kier molecular flexibility index (Phi) is 10.0. The number of hydrogen-bond acceptors (Lipinski definition) is 5. The highest BCUT2D eigenvalue weighted by Gasteiger charge is 2.30. The van der Waals surface area contributed by atoms with Crippen molar-refractivity contribution in [2.45, 2.75) is 44.0 Å². The Hall–Kier alpha value is -3.00. The summed E-state index contributed by atoms with van der Waals surface area (Å²) >= 11 is 1.64. The highest BCUT2D eigenvalue weighted by atomic mass is 32.2. The molecule has 7 nitrogen and oxygen atoms in total. The molecule has 0 saturated carbocycles. The van der Waals surface area contributed by atoms with Crippen LogP contribution in [-0.2, 0) is 14.3 Å².